The van der Waals surface area contributed by atoms with E-state index in [1.807, 2.05) is 35.5 Å². The average molecular weight is 370 g/mol. The monoisotopic (exact) mass is 369 g/mol. The van der Waals surface area contributed by atoms with Crippen molar-refractivity contribution in [3.05, 3.63) is 47.1 Å². The van der Waals surface area contributed by atoms with Crippen LogP contribution in [0.15, 0.2) is 30.6 Å². The number of carbonyl (C=O) groups is 1. The molecule has 3 heterocycles. The van der Waals surface area contributed by atoms with Gasteiger partial charge in [0.2, 0.25) is 0 Å². The van der Waals surface area contributed by atoms with E-state index >= 15 is 0 Å². The molecule has 1 aliphatic heterocycles. The number of carbonyl (C=O) groups excluding carboxylic acids is 1. The second-order valence-electron chi connectivity index (χ2n) is 7.25. The first-order valence-electron chi connectivity index (χ1n) is 9.17. The molecule has 5 rings (SSSR count). The molecule has 1 amide bonds. The molecule has 0 unspecified atom stereocenters. The van der Waals surface area contributed by atoms with Gasteiger partial charge in [-0.2, -0.15) is 0 Å². The predicted octanol–water partition coefficient (Wildman–Crippen LogP) is 3.77. The quantitative estimate of drug-likeness (QED) is 0.764. The van der Waals surface area contributed by atoms with Crippen LogP contribution in [-0.2, 0) is 0 Å². The Morgan fingerprint density at radius 3 is 2.65 bits per heavy atom. The minimum atomic E-state index is -0.0201. The van der Waals surface area contributed by atoms with Gasteiger partial charge in [-0.1, -0.05) is 29.8 Å². The van der Waals surface area contributed by atoms with Crippen LogP contribution in [0.2, 0.25) is 5.02 Å². The van der Waals surface area contributed by atoms with E-state index in [2.05, 4.69) is 19.7 Å². The number of hydrogen-bond donors (Lipinski definition) is 1. The Morgan fingerprint density at radius 2 is 1.92 bits per heavy atom. The van der Waals surface area contributed by atoms with E-state index in [0.29, 0.717) is 35.8 Å². The Hall–Kier alpha value is -2.34. The summed E-state index contributed by atoms with van der Waals surface area (Å²) in [6, 6.07) is 8.32. The first kappa shape index (κ1) is 15.9. The molecule has 2 aromatic heterocycles. The third-order valence-corrected chi connectivity index (χ3v) is 5.94. The topological polar surface area (TPSA) is 66.8 Å². The van der Waals surface area contributed by atoms with E-state index in [1.54, 1.807) is 0 Å². The van der Waals surface area contributed by atoms with Crippen LogP contribution in [-0.4, -0.2) is 43.6 Å². The molecule has 6 nitrogen and oxygen atoms in total. The van der Waals surface area contributed by atoms with Crippen LogP contribution in [0.4, 0.5) is 0 Å². The van der Waals surface area contributed by atoms with Crippen molar-refractivity contribution in [2.24, 2.45) is 0 Å². The number of aromatic nitrogens is 4. The standard InChI is InChI=1S/C19H20ClN5O/c20-16-14-3-1-2-4-15(14)22-17(16)19(26)24-9-7-12(8-10-24)18-23-21-11-25(18)13-5-6-13/h1-4,11-13,22H,5-10H2. The highest BCUT2D eigenvalue weighted by Crippen LogP contribution is 2.38. The van der Waals surface area contributed by atoms with Gasteiger partial charge < -0.3 is 14.5 Å². The lowest BCUT2D eigenvalue weighted by Crippen LogP contribution is -2.38. The molecule has 2 fully saturated rings. The molecule has 1 saturated carbocycles. The van der Waals surface area contributed by atoms with Gasteiger partial charge in [0.25, 0.3) is 5.91 Å². The van der Waals surface area contributed by atoms with Crippen LogP contribution >= 0.6 is 11.6 Å². The number of amides is 1. The van der Waals surface area contributed by atoms with E-state index in [-0.39, 0.29) is 5.91 Å². The van der Waals surface area contributed by atoms with Gasteiger partial charge in [0.1, 0.15) is 17.8 Å². The van der Waals surface area contributed by atoms with Crippen LogP contribution in [0.1, 0.15) is 54.0 Å². The summed E-state index contributed by atoms with van der Waals surface area (Å²) >= 11 is 6.44. The fourth-order valence-corrected chi connectivity index (χ4v) is 4.22. The zero-order valence-corrected chi connectivity index (χ0v) is 15.1. The molecular weight excluding hydrogens is 350 g/mol. The van der Waals surface area contributed by atoms with Gasteiger partial charge in [0.15, 0.2) is 0 Å². The van der Waals surface area contributed by atoms with Crippen molar-refractivity contribution in [2.45, 2.75) is 37.6 Å². The summed E-state index contributed by atoms with van der Waals surface area (Å²) in [4.78, 5) is 18.0. The molecule has 0 bridgehead atoms. The fourth-order valence-electron chi connectivity index (χ4n) is 3.93. The number of nitrogens with zero attached hydrogens (tertiary/aromatic N) is 4. The largest absolute Gasteiger partial charge is 0.349 e. The molecule has 1 aliphatic carbocycles. The van der Waals surface area contributed by atoms with Crippen molar-refractivity contribution < 1.29 is 4.79 Å². The summed E-state index contributed by atoms with van der Waals surface area (Å²) in [6.07, 6.45) is 6.13. The number of hydrogen-bond acceptors (Lipinski definition) is 3. The molecular formula is C19H20ClN5O. The maximum atomic E-state index is 12.9. The van der Waals surface area contributed by atoms with Gasteiger partial charge in [0.05, 0.1) is 5.02 Å². The normalized spacial score (nSPS) is 18.6. The van der Waals surface area contributed by atoms with Crippen molar-refractivity contribution in [3.63, 3.8) is 0 Å². The molecule has 134 valence electrons. The maximum Gasteiger partial charge on any atom is 0.271 e. The summed E-state index contributed by atoms with van der Waals surface area (Å²) in [5, 5.41) is 9.87. The molecule has 1 aromatic carbocycles. The van der Waals surface area contributed by atoms with E-state index in [9.17, 15) is 4.79 Å². The molecule has 0 spiro atoms. The Kier molecular flexibility index (Phi) is 3.74. The number of H-pyrrole nitrogens is 1. The zero-order valence-electron chi connectivity index (χ0n) is 14.4. The molecule has 2 aliphatic rings. The molecule has 1 saturated heterocycles. The van der Waals surface area contributed by atoms with E-state index in [1.165, 1.54) is 12.8 Å². The number of nitrogens with one attached hydrogen (secondary N) is 1. The lowest BCUT2D eigenvalue weighted by atomic mass is 9.95. The minimum absolute atomic E-state index is 0.0201. The summed E-state index contributed by atoms with van der Waals surface area (Å²) in [5.74, 6) is 1.44. The van der Waals surface area contributed by atoms with Gasteiger partial charge in [-0.05, 0) is 31.7 Å². The first-order valence-corrected chi connectivity index (χ1v) is 9.55. The number of fused-ring (bicyclic) bond motifs is 1. The van der Waals surface area contributed by atoms with Crippen molar-refractivity contribution in [2.75, 3.05) is 13.1 Å². The van der Waals surface area contributed by atoms with Gasteiger partial charge in [0, 0.05) is 36.0 Å². The number of benzene rings is 1. The van der Waals surface area contributed by atoms with E-state index in [4.69, 9.17) is 11.6 Å². The van der Waals surface area contributed by atoms with E-state index < -0.39 is 0 Å². The van der Waals surface area contributed by atoms with Crippen molar-refractivity contribution in [3.8, 4) is 0 Å². The maximum absolute atomic E-state index is 12.9. The molecule has 3 aromatic rings. The third kappa shape index (κ3) is 2.60. The van der Waals surface area contributed by atoms with Crippen LogP contribution in [0.25, 0.3) is 10.9 Å². The Morgan fingerprint density at radius 1 is 1.15 bits per heavy atom. The first-order chi connectivity index (χ1) is 12.7. The van der Waals surface area contributed by atoms with Crippen LogP contribution < -0.4 is 0 Å². The number of aromatic amines is 1. The predicted molar refractivity (Wildman–Crippen MR) is 99.5 cm³/mol. The van der Waals surface area contributed by atoms with Crippen molar-refractivity contribution >= 4 is 28.4 Å². The van der Waals surface area contributed by atoms with Crippen LogP contribution in [0.5, 0.6) is 0 Å². The third-order valence-electron chi connectivity index (χ3n) is 5.54. The highest BCUT2D eigenvalue weighted by atomic mass is 35.5. The SMILES string of the molecule is O=C(c1[nH]c2ccccc2c1Cl)N1CCC(c2nncn2C2CC2)CC1. The Labute approximate surface area is 156 Å². The second-order valence-corrected chi connectivity index (χ2v) is 7.63. The highest BCUT2D eigenvalue weighted by Gasteiger charge is 2.32. The van der Waals surface area contributed by atoms with Crippen LogP contribution in [0.3, 0.4) is 0 Å². The molecule has 0 radical (unpaired) electrons. The van der Waals surface area contributed by atoms with Gasteiger partial charge in [-0.15, -0.1) is 10.2 Å². The number of halogens is 1. The van der Waals surface area contributed by atoms with Gasteiger partial charge in [-0.25, -0.2) is 0 Å². The Balaban J connectivity index is 1.32. The fraction of sp³-hybridized carbons (Fsp3) is 0.421. The highest BCUT2D eigenvalue weighted by molar-refractivity contribution is 6.38. The summed E-state index contributed by atoms with van der Waals surface area (Å²) in [6.45, 7) is 1.43. The molecule has 7 heteroatoms. The smallest absolute Gasteiger partial charge is 0.271 e. The molecule has 0 atom stereocenters. The van der Waals surface area contributed by atoms with Gasteiger partial charge in [-0.3, -0.25) is 4.79 Å². The Bertz CT molecular complexity index is 965. The van der Waals surface area contributed by atoms with Crippen molar-refractivity contribution in [1.82, 2.24) is 24.6 Å². The second kappa shape index (κ2) is 6.13. The number of likely N-dealkylation sites (tertiary alicyclic amines) is 1. The summed E-state index contributed by atoms with van der Waals surface area (Å²) < 4.78 is 2.23. The summed E-state index contributed by atoms with van der Waals surface area (Å²) in [5.41, 5.74) is 1.39. The zero-order chi connectivity index (χ0) is 17.7. The molecule has 1 N–H and O–H groups in total. The number of para-hydroxylation sites is 1. The average Bonchev–Trinajstić information content (AvgIpc) is 3.31. The van der Waals surface area contributed by atoms with Crippen molar-refractivity contribution in [1.29, 1.82) is 0 Å². The molecule has 26 heavy (non-hydrogen) atoms. The lowest BCUT2D eigenvalue weighted by Gasteiger charge is -2.31. The van der Waals surface area contributed by atoms with Gasteiger partial charge >= 0.3 is 0 Å². The number of rotatable bonds is 3. The lowest BCUT2D eigenvalue weighted by molar-refractivity contribution is 0.0705. The number of piperidine rings is 1. The van der Waals surface area contributed by atoms with E-state index in [0.717, 1.165) is 29.6 Å². The minimum Gasteiger partial charge on any atom is -0.349 e. The van der Waals surface area contributed by atoms with Crippen LogP contribution in [0, 0.1) is 0 Å². The summed E-state index contributed by atoms with van der Waals surface area (Å²) in [7, 11) is 0.